The summed E-state index contributed by atoms with van der Waals surface area (Å²) >= 11 is 1.72. The van der Waals surface area contributed by atoms with Crippen LogP contribution in [0.25, 0.3) is 21.5 Å². The molecular formula is C28H26N2S. The SMILES string of the molecule is CC(C)(C)[C@@H]1CCc2c(sc(N=Cc3c4ccccc4cc4ccccc34)c2C#N)C1. The predicted octanol–water partition coefficient (Wildman–Crippen LogP) is 7.83. The summed E-state index contributed by atoms with van der Waals surface area (Å²) in [4.78, 5) is 6.27. The van der Waals surface area contributed by atoms with Gasteiger partial charge in [0.2, 0.25) is 0 Å². The minimum absolute atomic E-state index is 0.291. The molecule has 0 amide bonds. The van der Waals surface area contributed by atoms with Crippen molar-refractivity contribution in [3.05, 3.63) is 76.2 Å². The van der Waals surface area contributed by atoms with Gasteiger partial charge in [0.1, 0.15) is 11.1 Å². The number of benzene rings is 3. The van der Waals surface area contributed by atoms with Gasteiger partial charge >= 0.3 is 0 Å². The summed E-state index contributed by atoms with van der Waals surface area (Å²) < 4.78 is 0. The molecule has 3 aromatic carbocycles. The monoisotopic (exact) mass is 422 g/mol. The van der Waals surface area contributed by atoms with Gasteiger partial charge in [0.15, 0.2) is 0 Å². The van der Waals surface area contributed by atoms with Gasteiger partial charge in [0.05, 0.1) is 5.56 Å². The van der Waals surface area contributed by atoms with Crippen LogP contribution in [0, 0.1) is 22.7 Å². The third kappa shape index (κ3) is 3.56. The standard InChI is InChI=1S/C28H26N2S/c1-28(2,3)20-12-13-23-24(16-29)27(31-26(23)15-20)30-17-25-21-10-6-4-8-18(21)14-19-9-5-7-11-22(19)25/h4-11,14,17,20H,12-13,15H2,1-3H3/t20-/m1/s1. The molecule has 0 radical (unpaired) electrons. The third-order valence-electron chi connectivity index (χ3n) is 6.71. The van der Waals surface area contributed by atoms with Crippen LogP contribution < -0.4 is 0 Å². The van der Waals surface area contributed by atoms with E-state index in [9.17, 15) is 5.26 Å². The van der Waals surface area contributed by atoms with Crippen LogP contribution in [0.1, 0.15) is 48.8 Å². The minimum Gasteiger partial charge on any atom is -0.244 e. The summed E-state index contributed by atoms with van der Waals surface area (Å²) in [5.41, 5.74) is 3.44. The molecular weight excluding hydrogens is 396 g/mol. The lowest BCUT2D eigenvalue weighted by atomic mass is 9.72. The first-order valence-electron chi connectivity index (χ1n) is 10.9. The van der Waals surface area contributed by atoms with Crippen molar-refractivity contribution in [1.82, 2.24) is 0 Å². The zero-order chi connectivity index (χ0) is 21.6. The molecule has 1 atom stereocenters. The predicted molar refractivity (Wildman–Crippen MR) is 133 cm³/mol. The van der Waals surface area contributed by atoms with Gasteiger partial charge in [-0.3, -0.25) is 0 Å². The van der Waals surface area contributed by atoms with Crippen molar-refractivity contribution >= 4 is 44.1 Å². The molecule has 3 heteroatoms. The lowest BCUT2D eigenvalue weighted by Gasteiger charge is -2.33. The lowest BCUT2D eigenvalue weighted by Crippen LogP contribution is -2.26. The van der Waals surface area contributed by atoms with Crippen LogP contribution in [0.5, 0.6) is 0 Å². The van der Waals surface area contributed by atoms with E-state index >= 15 is 0 Å². The van der Waals surface area contributed by atoms with Crippen molar-refractivity contribution < 1.29 is 0 Å². The molecule has 0 saturated carbocycles. The summed E-state index contributed by atoms with van der Waals surface area (Å²) in [6, 6.07) is 21.6. The molecule has 31 heavy (non-hydrogen) atoms. The van der Waals surface area contributed by atoms with Gasteiger partial charge < -0.3 is 0 Å². The first-order chi connectivity index (χ1) is 15.0. The maximum atomic E-state index is 9.91. The number of hydrogen-bond acceptors (Lipinski definition) is 3. The zero-order valence-corrected chi connectivity index (χ0v) is 19.1. The van der Waals surface area contributed by atoms with Crippen LogP contribution in [0.15, 0.2) is 59.6 Å². The van der Waals surface area contributed by atoms with Crippen LogP contribution in [0.4, 0.5) is 5.00 Å². The Kier molecular flexibility index (Phi) is 4.91. The summed E-state index contributed by atoms with van der Waals surface area (Å²) in [5, 5.41) is 15.6. The van der Waals surface area contributed by atoms with E-state index in [-0.39, 0.29) is 0 Å². The van der Waals surface area contributed by atoms with Gasteiger partial charge in [-0.15, -0.1) is 11.3 Å². The lowest BCUT2D eigenvalue weighted by molar-refractivity contribution is 0.218. The quantitative estimate of drug-likeness (QED) is 0.239. The maximum Gasteiger partial charge on any atom is 0.134 e. The molecule has 0 bridgehead atoms. The minimum atomic E-state index is 0.291. The van der Waals surface area contributed by atoms with Crippen LogP contribution >= 0.6 is 11.3 Å². The molecule has 1 heterocycles. The molecule has 4 aromatic rings. The molecule has 0 N–H and O–H groups in total. The summed E-state index contributed by atoms with van der Waals surface area (Å²) in [6.45, 7) is 6.98. The topological polar surface area (TPSA) is 36.1 Å². The maximum absolute atomic E-state index is 9.91. The molecule has 0 fully saturated rings. The first-order valence-corrected chi connectivity index (χ1v) is 11.8. The highest BCUT2D eigenvalue weighted by atomic mass is 32.1. The Hall–Kier alpha value is -2.96. The molecule has 1 aromatic heterocycles. The average molecular weight is 423 g/mol. The number of thiophene rings is 1. The Morgan fingerprint density at radius 2 is 1.68 bits per heavy atom. The zero-order valence-electron chi connectivity index (χ0n) is 18.3. The molecule has 154 valence electrons. The number of aliphatic imine (C=N–C) groups is 1. The van der Waals surface area contributed by atoms with E-state index in [0.717, 1.165) is 35.4 Å². The summed E-state index contributed by atoms with van der Waals surface area (Å²) in [5.74, 6) is 0.657. The second-order valence-corrected chi connectivity index (χ2v) is 10.7. The Morgan fingerprint density at radius 3 is 2.29 bits per heavy atom. The summed E-state index contributed by atoms with van der Waals surface area (Å²) in [6.07, 6.45) is 5.18. The van der Waals surface area contributed by atoms with Gasteiger partial charge in [0.25, 0.3) is 0 Å². The second-order valence-electron chi connectivity index (χ2n) is 9.59. The molecule has 1 aliphatic rings. The Bertz CT molecular complexity index is 1310. The molecule has 2 nitrogen and oxygen atoms in total. The van der Waals surface area contributed by atoms with Crippen molar-refractivity contribution in [2.24, 2.45) is 16.3 Å². The third-order valence-corrected chi connectivity index (χ3v) is 7.87. The Balaban J connectivity index is 1.61. The average Bonchev–Trinajstić information content (AvgIpc) is 3.12. The smallest absolute Gasteiger partial charge is 0.134 e. The van der Waals surface area contributed by atoms with E-state index in [2.05, 4.69) is 81.4 Å². The fraction of sp³-hybridized carbons (Fsp3) is 0.286. The van der Waals surface area contributed by atoms with E-state index in [0.29, 0.717) is 11.3 Å². The van der Waals surface area contributed by atoms with Crippen molar-refractivity contribution in [2.45, 2.75) is 40.0 Å². The Labute approximate surface area is 187 Å². The highest BCUT2D eigenvalue weighted by Gasteiger charge is 2.32. The van der Waals surface area contributed by atoms with Gasteiger partial charge in [-0.1, -0.05) is 69.3 Å². The summed E-state index contributed by atoms with van der Waals surface area (Å²) in [7, 11) is 0. The molecule has 0 saturated heterocycles. The van der Waals surface area contributed by atoms with Crippen LogP contribution in [0.2, 0.25) is 0 Å². The molecule has 5 rings (SSSR count). The molecule has 0 aliphatic heterocycles. The molecule has 0 unspecified atom stereocenters. The number of nitriles is 1. The van der Waals surface area contributed by atoms with E-state index in [1.807, 2.05) is 6.21 Å². The van der Waals surface area contributed by atoms with Gasteiger partial charge in [-0.2, -0.15) is 5.26 Å². The number of rotatable bonds is 2. The van der Waals surface area contributed by atoms with Crippen LogP contribution in [-0.4, -0.2) is 6.21 Å². The fourth-order valence-corrected chi connectivity index (χ4v) is 6.05. The largest absolute Gasteiger partial charge is 0.244 e. The van der Waals surface area contributed by atoms with Gasteiger partial charge in [0, 0.05) is 16.7 Å². The van der Waals surface area contributed by atoms with Gasteiger partial charge in [-0.05, 0) is 63.8 Å². The van der Waals surface area contributed by atoms with Crippen molar-refractivity contribution in [3.8, 4) is 6.07 Å². The molecule has 1 aliphatic carbocycles. The van der Waals surface area contributed by atoms with E-state index in [1.54, 1.807) is 11.3 Å². The van der Waals surface area contributed by atoms with Crippen LogP contribution in [0.3, 0.4) is 0 Å². The van der Waals surface area contributed by atoms with E-state index in [4.69, 9.17) is 4.99 Å². The van der Waals surface area contributed by atoms with E-state index in [1.165, 1.54) is 32.0 Å². The fourth-order valence-electron chi connectivity index (χ4n) is 4.83. The van der Waals surface area contributed by atoms with Crippen molar-refractivity contribution in [3.63, 3.8) is 0 Å². The van der Waals surface area contributed by atoms with Crippen LogP contribution in [-0.2, 0) is 12.8 Å². The molecule has 0 spiro atoms. The van der Waals surface area contributed by atoms with Crippen molar-refractivity contribution in [1.29, 1.82) is 5.26 Å². The highest BCUT2D eigenvalue weighted by Crippen LogP contribution is 2.45. The normalized spacial score (nSPS) is 16.6. The Morgan fingerprint density at radius 1 is 1.03 bits per heavy atom. The highest BCUT2D eigenvalue weighted by molar-refractivity contribution is 7.16. The van der Waals surface area contributed by atoms with E-state index < -0.39 is 0 Å². The second kappa shape index (κ2) is 7.62. The number of fused-ring (bicyclic) bond motifs is 3. The van der Waals surface area contributed by atoms with Gasteiger partial charge in [-0.25, -0.2) is 4.99 Å². The first kappa shape index (κ1) is 20.0. The van der Waals surface area contributed by atoms with Crippen molar-refractivity contribution in [2.75, 3.05) is 0 Å². The number of nitrogens with zero attached hydrogens (tertiary/aromatic N) is 2. The number of hydrogen-bond donors (Lipinski definition) is 0.